The summed E-state index contributed by atoms with van der Waals surface area (Å²) in [5, 5.41) is 7.16. The van der Waals surface area contributed by atoms with E-state index in [1.54, 1.807) is 12.1 Å². The third-order valence-electron chi connectivity index (χ3n) is 4.87. The van der Waals surface area contributed by atoms with Crippen LogP contribution in [0.2, 0.25) is 5.02 Å². The minimum absolute atomic E-state index is 0.0650. The molecular weight excluding hydrogens is 400 g/mol. The quantitative estimate of drug-likeness (QED) is 0.524. The molecule has 1 aliphatic carbocycles. The highest BCUT2D eigenvalue weighted by Crippen LogP contribution is 2.32. The molecular formula is C23H23ClN4O2. The minimum Gasteiger partial charge on any atom is -0.494 e. The van der Waals surface area contributed by atoms with Crippen molar-refractivity contribution in [3.05, 3.63) is 64.8 Å². The Bertz CT molecular complexity index is 1050. The van der Waals surface area contributed by atoms with Gasteiger partial charge in [0.1, 0.15) is 11.6 Å². The summed E-state index contributed by atoms with van der Waals surface area (Å²) in [6.45, 7) is 4.62. The lowest BCUT2D eigenvalue weighted by Crippen LogP contribution is -2.22. The first-order valence-corrected chi connectivity index (χ1v) is 10.4. The van der Waals surface area contributed by atoms with Crippen LogP contribution in [-0.2, 0) is 6.42 Å². The molecule has 154 valence electrons. The molecule has 0 aliphatic heterocycles. The van der Waals surface area contributed by atoms with E-state index in [0.29, 0.717) is 35.4 Å². The Balaban J connectivity index is 1.68. The summed E-state index contributed by atoms with van der Waals surface area (Å²) in [7, 11) is 0. The second kappa shape index (κ2) is 8.71. The molecule has 1 atom stereocenters. The molecule has 0 saturated carbocycles. The van der Waals surface area contributed by atoms with Crippen LogP contribution in [0.3, 0.4) is 0 Å². The van der Waals surface area contributed by atoms with Gasteiger partial charge < -0.3 is 15.4 Å². The van der Waals surface area contributed by atoms with Crippen molar-refractivity contribution in [1.82, 2.24) is 9.97 Å². The van der Waals surface area contributed by atoms with Crippen LogP contribution in [-0.4, -0.2) is 22.4 Å². The van der Waals surface area contributed by atoms with E-state index in [9.17, 15) is 4.79 Å². The minimum atomic E-state index is 0.0650. The summed E-state index contributed by atoms with van der Waals surface area (Å²) in [6.07, 6.45) is 1.23. The van der Waals surface area contributed by atoms with Crippen molar-refractivity contribution in [2.45, 2.75) is 26.7 Å². The highest BCUT2D eigenvalue weighted by molar-refractivity contribution is 6.30. The van der Waals surface area contributed by atoms with Crippen molar-refractivity contribution in [3.8, 4) is 5.75 Å². The summed E-state index contributed by atoms with van der Waals surface area (Å²) in [5.74, 6) is 2.06. The van der Waals surface area contributed by atoms with Crippen LogP contribution in [0.1, 0.15) is 36.3 Å². The van der Waals surface area contributed by atoms with Crippen LogP contribution < -0.4 is 15.4 Å². The number of nitrogens with zero attached hydrogens (tertiary/aromatic N) is 2. The monoisotopic (exact) mass is 422 g/mol. The Hall–Kier alpha value is -3.12. The van der Waals surface area contributed by atoms with Gasteiger partial charge in [-0.3, -0.25) is 4.79 Å². The number of carbonyl (C=O) groups is 1. The number of ketones is 1. The molecule has 2 N–H and O–H groups in total. The zero-order chi connectivity index (χ0) is 21.1. The standard InChI is InChI=1S/C23H23ClN4O2/c1-3-30-18-10-8-16(9-11-18)25-22-21-19(12-14(2)13-20(21)29)27-23(28-22)26-17-6-4-15(24)5-7-17/h4-11,14H,3,12-13H2,1-2H3,(H2,25,26,27,28). The van der Waals surface area contributed by atoms with Crippen LogP contribution in [0.25, 0.3) is 0 Å². The molecule has 0 bridgehead atoms. The van der Waals surface area contributed by atoms with E-state index in [1.807, 2.05) is 43.3 Å². The van der Waals surface area contributed by atoms with E-state index < -0.39 is 0 Å². The Morgan fingerprint density at radius 3 is 2.37 bits per heavy atom. The molecule has 1 heterocycles. The molecule has 0 amide bonds. The van der Waals surface area contributed by atoms with Gasteiger partial charge in [0, 0.05) is 22.8 Å². The van der Waals surface area contributed by atoms with Gasteiger partial charge in [-0.25, -0.2) is 4.98 Å². The number of ether oxygens (including phenoxy) is 1. The van der Waals surface area contributed by atoms with Crippen molar-refractivity contribution in [3.63, 3.8) is 0 Å². The second-order valence-electron chi connectivity index (χ2n) is 7.37. The number of halogens is 1. The van der Waals surface area contributed by atoms with Gasteiger partial charge >= 0.3 is 0 Å². The first-order valence-electron chi connectivity index (χ1n) is 9.98. The van der Waals surface area contributed by atoms with E-state index >= 15 is 0 Å². The number of anilines is 4. The fraction of sp³-hybridized carbons (Fsp3) is 0.261. The van der Waals surface area contributed by atoms with E-state index in [4.69, 9.17) is 16.3 Å². The van der Waals surface area contributed by atoms with Gasteiger partial charge in [0.25, 0.3) is 0 Å². The lowest BCUT2D eigenvalue weighted by Gasteiger charge is -2.23. The number of aromatic nitrogens is 2. The maximum atomic E-state index is 12.8. The first-order chi connectivity index (χ1) is 14.5. The zero-order valence-corrected chi connectivity index (χ0v) is 17.7. The van der Waals surface area contributed by atoms with E-state index in [1.165, 1.54) is 0 Å². The topological polar surface area (TPSA) is 76.1 Å². The molecule has 7 heteroatoms. The fourth-order valence-electron chi connectivity index (χ4n) is 3.52. The predicted molar refractivity (Wildman–Crippen MR) is 119 cm³/mol. The van der Waals surface area contributed by atoms with Gasteiger partial charge in [0.15, 0.2) is 5.78 Å². The lowest BCUT2D eigenvalue weighted by molar-refractivity contribution is 0.0953. The highest BCUT2D eigenvalue weighted by Gasteiger charge is 2.28. The van der Waals surface area contributed by atoms with E-state index in [0.717, 1.165) is 29.2 Å². The highest BCUT2D eigenvalue weighted by atomic mass is 35.5. The molecule has 1 aliphatic rings. The summed E-state index contributed by atoms with van der Waals surface area (Å²) in [6, 6.07) is 14.9. The van der Waals surface area contributed by atoms with Crippen LogP contribution in [0, 0.1) is 5.92 Å². The number of carbonyl (C=O) groups excluding carboxylic acids is 1. The summed E-state index contributed by atoms with van der Waals surface area (Å²) in [5.41, 5.74) is 2.98. The molecule has 2 aromatic carbocycles. The molecule has 6 nitrogen and oxygen atoms in total. The Morgan fingerprint density at radius 2 is 1.67 bits per heavy atom. The maximum absolute atomic E-state index is 12.8. The largest absolute Gasteiger partial charge is 0.494 e. The molecule has 0 radical (unpaired) electrons. The van der Waals surface area contributed by atoms with Gasteiger partial charge in [0.2, 0.25) is 5.95 Å². The van der Waals surface area contributed by atoms with E-state index in [-0.39, 0.29) is 11.7 Å². The van der Waals surface area contributed by atoms with Crippen molar-refractivity contribution >= 4 is 40.5 Å². The van der Waals surface area contributed by atoms with Gasteiger partial charge in [-0.2, -0.15) is 4.98 Å². The number of fused-ring (bicyclic) bond motifs is 1. The number of nitrogens with one attached hydrogen (secondary N) is 2. The second-order valence-corrected chi connectivity index (χ2v) is 7.80. The average Bonchev–Trinajstić information content (AvgIpc) is 2.71. The molecule has 1 aromatic heterocycles. The molecule has 1 unspecified atom stereocenters. The van der Waals surface area contributed by atoms with Crippen molar-refractivity contribution in [2.24, 2.45) is 5.92 Å². The Kier molecular flexibility index (Phi) is 5.86. The third kappa shape index (κ3) is 4.54. The Labute approximate surface area is 180 Å². The number of rotatable bonds is 6. The predicted octanol–water partition coefficient (Wildman–Crippen LogP) is 5.78. The van der Waals surface area contributed by atoms with Crippen molar-refractivity contribution in [2.75, 3.05) is 17.2 Å². The summed E-state index contributed by atoms with van der Waals surface area (Å²) >= 11 is 5.97. The first kappa shape index (κ1) is 20.2. The summed E-state index contributed by atoms with van der Waals surface area (Å²) < 4.78 is 5.50. The van der Waals surface area contributed by atoms with Crippen LogP contribution in [0.5, 0.6) is 5.75 Å². The van der Waals surface area contributed by atoms with Crippen LogP contribution in [0.15, 0.2) is 48.5 Å². The number of hydrogen-bond donors (Lipinski definition) is 2. The fourth-order valence-corrected chi connectivity index (χ4v) is 3.64. The zero-order valence-electron chi connectivity index (χ0n) is 16.9. The van der Waals surface area contributed by atoms with Crippen molar-refractivity contribution < 1.29 is 9.53 Å². The number of hydrogen-bond acceptors (Lipinski definition) is 6. The van der Waals surface area contributed by atoms with Gasteiger partial charge in [0.05, 0.1) is 17.9 Å². The molecule has 30 heavy (non-hydrogen) atoms. The maximum Gasteiger partial charge on any atom is 0.229 e. The molecule has 0 saturated heterocycles. The smallest absolute Gasteiger partial charge is 0.229 e. The van der Waals surface area contributed by atoms with Gasteiger partial charge in [-0.15, -0.1) is 0 Å². The average molecular weight is 423 g/mol. The summed E-state index contributed by atoms with van der Waals surface area (Å²) in [4.78, 5) is 22.0. The SMILES string of the molecule is CCOc1ccc(Nc2nc(Nc3ccc(Cl)cc3)nc3c2C(=O)CC(C)C3)cc1. The number of Topliss-reactive ketones (excluding diaryl/α,β-unsaturated/α-hetero) is 1. The van der Waals surface area contributed by atoms with Gasteiger partial charge in [-0.1, -0.05) is 18.5 Å². The molecule has 4 rings (SSSR count). The van der Waals surface area contributed by atoms with Gasteiger partial charge in [-0.05, 0) is 67.8 Å². The van der Waals surface area contributed by atoms with E-state index in [2.05, 4.69) is 27.5 Å². The Morgan fingerprint density at radius 1 is 1.00 bits per heavy atom. The normalized spacial score (nSPS) is 15.4. The van der Waals surface area contributed by atoms with Crippen LogP contribution >= 0.6 is 11.6 Å². The van der Waals surface area contributed by atoms with Crippen molar-refractivity contribution in [1.29, 1.82) is 0 Å². The third-order valence-corrected chi connectivity index (χ3v) is 5.12. The lowest BCUT2D eigenvalue weighted by atomic mass is 9.87. The number of benzene rings is 2. The molecule has 0 spiro atoms. The molecule has 0 fully saturated rings. The van der Waals surface area contributed by atoms with Crippen LogP contribution in [0.4, 0.5) is 23.1 Å². The molecule has 3 aromatic rings.